The molecule has 1 heterocycles. The normalized spacial score (nSPS) is 15.8. The molecule has 1 aliphatic rings. The zero-order valence-corrected chi connectivity index (χ0v) is 18.9. The van der Waals surface area contributed by atoms with Gasteiger partial charge in [-0.1, -0.05) is 32.9 Å². The molecule has 6 nitrogen and oxygen atoms in total. The van der Waals surface area contributed by atoms with Gasteiger partial charge in [-0.15, -0.1) is 0 Å². The Kier molecular flexibility index (Phi) is 6.53. The van der Waals surface area contributed by atoms with Gasteiger partial charge in [-0.2, -0.15) is 4.31 Å². The SMILES string of the molecule is CCOc1ccc(S(=O)(=O)N2CCN(C(=O)c3ccc(C(C)(C)C)cc3)CC2)cc1. The van der Waals surface area contributed by atoms with Gasteiger partial charge in [0.15, 0.2) is 0 Å². The Labute approximate surface area is 179 Å². The number of rotatable bonds is 5. The standard InChI is InChI=1S/C23H30N2O4S/c1-5-29-20-10-12-21(13-11-20)30(27,28)25-16-14-24(15-17-25)22(26)18-6-8-19(9-7-18)23(2,3)4/h6-13H,5,14-17H2,1-4H3. The Morgan fingerprint density at radius 2 is 1.50 bits per heavy atom. The summed E-state index contributed by atoms with van der Waals surface area (Å²) in [6.45, 7) is 10.1. The highest BCUT2D eigenvalue weighted by atomic mass is 32.2. The first-order chi connectivity index (χ1) is 14.1. The van der Waals surface area contributed by atoms with Crippen LogP contribution in [-0.2, 0) is 15.4 Å². The molecule has 2 aromatic rings. The second kappa shape index (κ2) is 8.78. The van der Waals surface area contributed by atoms with Gasteiger partial charge in [0.05, 0.1) is 11.5 Å². The summed E-state index contributed by atoms with van der Waals surface area (Å²) in [6, 6.07) is 14.1. The zero-order valence-electron chi connectivity index (χ0n) is 18.1. The van der Waals surface area contributed by atoms with E-state index >= 15 is 0 Å². The van der Waals surface area contributed by atoms with Crippen molar-refractivity contribution in [3.8, 4) is 5.75 Å². The van der Waals surface area contributed by atoms with Crippen molar-refractivity contribution in [2.24, 2.45) is 0 Å². The van der Waals surface area contributed by atoms with E-state index in [1.807, 2.05) is 31.2 Å². The number of carbonyl (C=O) groups excluding carboxylic acids is 1. The molecule has 1 aliphatic heterocycles. The molecular formula is C23H30N2O4S. The van der Waals surface area contributed by atoms with Gasteiger partial charge in [-0.05, 0) is 54.3 Å². The molecular weight excluding hydrogens is 400 g/mol. The third kappa shape index (κ3) is 4.84. The molecule has 1 saturated heterocycles. The van der Waals surface area contributed by atoms with Crippen molar-refractivity contribution < 1.29 is 17.9 Å². The van der Waals surface area contributed by atoms with Crippen molar-refractivity contribution in [2.75, 3.05) is 32.8 Å². The molecule has 1 amide bonds. The molecule has 0 bridgehead atoms. The summed E-state index contributed by atoms with van der Waals surface area (Å²) in [5, 5.41) is 0. The molecule has 7 heteroatoms. The highest BCUT2D eigenvalue weighted by molar-refractivity contribution is 7.89. The number of sulfonamides is 1. The molecule has 0 aromatic heterocycles. The predicted molar refractivity (Wildman–Crippen MR) is 117 cm³/mol. The number of nitrogens with zero attached hydrogens (tertiary/aromatic N) is 2. The number of hydrogen-bond donors (Lipinski definition) is 0. The first-order valence-electron chi connectivity index (χ1n) is 10.3. The summed E-state index contributed by atoms with van der Waals surface area (Å²) in [5.41, 5.74) is 1.83. The zero-order chi connectivity index (χ0) is 21.9. The third-order valence-corrected chi connectivity index (χ3v) is 7.21. The fourth-order valence-electron chi connectivity index (χ4n) is 3.45. The number of amides is 1. The molecule has 0 radical (unpaired) electrons. The fourth-order valence-corrected chi connectivity index (χ4v) is 4.87. The van der Waals surface area contributed by atoms with Crippen LogP contribution in [0.15, 0.2) is 53.4 Å². The van der Waals surface area contributed by atoms with Crippen molar-refractivity contribution in [2.45, 2.75) is 38.0 Å². The van der Waals surface area contributed by atoms with Crippen LogP contribution in [0.3, 0.4) is 0 Å². The lowest BCUT2D eigenvalue weighted by Gasteiger charge is -2.34. The number of ether oxygens (including phenoxy) is 1. The van der Waals surface area contributed by atoms with Gasteiger partial charge in [0.25, 0.3) is 5.91 Å². The number of hydrogen-bond acceptors (Lipinski definition) is 4. The lowest BCUT2D eigenvalue weighted by Crippen LogP contribution is -2.50. The molecule has 0 spiro atoms. The van der Waals surface area contributed by atoms with Crippen LogP contribution in [0.1, 0.15) is 43.6 Å². The monoisotopic (exact) mass is 430 g/mol. The Bertz CT molecular complexity index is 969. The van der Waals surface area contributed by atoms with Crippen molar-refractivity contribution in [3.63, 3.8) is 0 Å². The largest absolute Gasteiger partial charge is 0.494 e. The van der Waals surface area contributed by atoms with E-state index in [-0.39, 0.29) is 29.3 Å². The van der Waals surface area contributed by atoms with E-state index in [4.69, 9.17) is 4.74 Å². The van der Waals surface area contributed by atoms with Crippen LogP contribution < -0.4 is 4.74 Å². The van der Waals surface area contributed by atoms with Gasteiger partial charge >= 0.3 is 0 Å². The Balaban J connectivity index is 1.64. The maximum Gasteiger partial charge on any atom is 0.253 e. The molecule has 2 aromatic carbocycles. The van der Waals surface area contributed by atoms with Crippen LogP contribution in [0.25, 0.3) is 0 Å². The molecule has 1 fully saturated rings. The molecule has 0 aliphatic carbocycles. The van der Waals surface area contributed by atoms with Crippen LogP contribution in [0, 0.1) is 0 Å². The van der Waals surface area contributed by atoms with Gasteiger partial charge in [-0.3, -0.25) is 4.79 Å². The second-order valence-electron chi connectivity index (χ2n) is 8.43. The summed E-state index contributed by atoms with van der Waals surface area (Å²) in [7, 11) is -3.59. The van der Waals surface area contributed by atoms with E-state index in [2.05, 4.69) is 20.8 Å². The molecule has 3 rings (SSSR count). The van der Waals surface area contributed by atoms with Gasteiger partial charge < -0.3 is 9.64 Å². The molecule has 162 valence electrons. The molecule has 0 saturated carbocycles. The number of benzene rings is 2. The molecule has 0 unspecified atom stereocenters. The molecule has 30 heavy (non-hydrogen) atoms. The Morgan fingerprint density at radius 3 is 2.00 bits per heavy atom. The van der Waals surface area contributed by atoms with Crippen LogP contribution in [0.2, 0.25) is 0 Å². The average molecular weight is 431 g/mol. The van der Waals surface area contributed by atoms with E-state index in [0.29, 0.717) is 31.0 Å². The summed E-state index contributed by atoms with van der Waals surface area (Å²) < 4.78 is 32.6. The highest BCUT2D eigenvalue weighted by Crippen LogP contribution is 2.24. The van der Waals surface area contributed by atoms with Gasteiger partial charge in [0.1, 0.15) is 5.75 Å². The van der Waals surface area contributed by atoms with Crippen molar-refractivity contribution in [1.29, 1.82) is 0 Å². The van der Waals surface area contributed by atoms with Crippen molar-refractivity contribution in [3.05, 3.63) is 59.7 Å². The number of carbonyl (C=O) groups is 1. The first kappa shape index (κ1) is 22.3. The van der Waals surface area contributed by atoms with E-state index in [0.717, 1.165) is 0 Å². The van der Waals surface area contributed by atoms with E-state index in [1.165, 1.54) is 9.87 Å². The fraction of sp³-hybridized carbons (Fsp3) is 0.435. The minimum Gasteiger partial charge on any atom is -0.494 e. The number of piperazine rings is 1. The van der Waals surface area contributed by atoms with Crippen LogP contribution >= 0.6 is 0 Å². The van der Waals surface area contributed by atoms with Crippen LogP contribution in [0.5, 0.6) is 5.75 Å². The third-order valence-electron chi connectivity index (χ3n) is 5.30. The van der Waals surface area contributed by atoms with Gasteiger partial charge in [0, 0.05) is 31.7 Å². The topological polar surface area (TPSA) is 66.9 Å². The second-order valence-corrected chi connectivity index (χ2v) is 10.4. The van der Waals surface area contributed by atoms with Crippen LogP contribution in [0.4, 0.5) is 0 Å². The summed E-state index contributed by atoms with van der Waals surface area (Å²) >= 11 is 0. The first-order valence-corrected chi connectivity index (χ1v) is 11.7. The van der Waals surface area contributed by atoms with Crippen molar-refractivity contribution in [1.82, 2.24) is 9.21 Å². The summed E-state index contributed by atoms with van der Waals surface area (Å²) in [6.07, 6.45) is 0. The van der Waals surface area contributed by atoms with Crippen molar-refractivity contribution >= 4 is 15.9 Å². The molecule has 0 atom stereocenters. The van der Waals surface area contributed by atoms with E-state index < -0.39 is 10.0 Å². The van der Waals surface area contributed by atoms with Gasteiger partial charge in [-0.25, -0.2) is 8.42 Å². The van der Waals surface area contributed by atoms with E-state index in [1.54, 1.807) is 29.2 Å². The molecule has 0 N–H and O–H groups in total. The van der Waals surface area contributed by atoms with E-state index in [9.17, 15) is 13.2 Å². The minimum atomic E-state index is -3.59. The quantitative estimate of drug-likeness (QED) is 0.728. The van der Waals surface area contributed by atoms with Gasteiger partial charge in [0.2, 0.25) is 10.0 Å². The maximum atomic E-state index is 12.9. The smallest absolute Gasteiger partial charge is 0.253 e. The lowest BCUT2D eigenvalue weighted by molar-refractivity contribution is 0.0698. The lowest BCUT2D eigenvalue weighted by atomic mass is 9.86. The highest BCUT2D eigenvalue weighted by Gasteiger charge is 2.30. The van der Waals surface area contributed by atoms with Crippen LogP contribution in [-0.4, -0.2) is 56.3 Å². The minimum absolute atomic E-state index is 0.0302. The Morgan fingerprint density at radius 1 is 0.933 bits per heavy atom. The maximum absolute atomic E-state index is 12.9. The predicted octanol–water partition coefficient (Wildman–Crippen LogP) is 3.53. The summed E-state index contributed by atoms with van der Waals surface area (Å²) in [4.78, 5) is 14.8. The summed E-state index contributed by atoms with van der Waals surface area (Å²) in [5.74, 6) is 0.581. The Hall–Kier alpha value is -2.38. The average Bonchev–Trinajstić information content (AvgIpc) is 2.73.